The summed E-state index contributed by atoms with van der Waals surface area (Å²) in [6.45, 7) is 1.85. The van der Waals surface area contributed by atoms with Crippen molar-refractivity contribution in [2.24, 2.45) is 0 Å². The van der Waals surface area contributed by atoms with E-state index in [4.69, 9.17) is 0 Å². The Labute approximate surface area is 116 Å². The number of rotatable bonds is 5. The van der Waals surface area contributed by atoms with Gasteiger partial charge in [-0.05, 0) is 25.3 Å². The van der Waals surface area contributed by atoms with Crippen LogP contribution in [0.5, 0.6) is 0 Å². The lowest BCUT2D eigenvalue weighted by molar-refractivity contribution is 0.496. The molecule has 106 valence electrons. The SMILES string of the molecule is CC(CCc1ccccc1)Nc1cc(F)cc(F)c1F. The summed E-state index contributed by atoms with van der Waals surface area (Å²) in [5.41, 5.74) is 1.04. The van der Waals surface area contributed by atoms with E-state index in [9.17, 15) is 13.2 Å². The molecule has 0 spiro atoms. The molecule has 0 saturated heterocycles. The fourth-order valence-electron chi connectivity index (χ4n) is 2.03. The minimum Gasteiger partial charge on any atom is -0.380 e. The molecule has 4 heteroatoms. The molecule has 20 heavy (non-hydrogen) atoms. The van der Waals surface area contributed by atoms with Crippen LogP contribution >= 0.6 is 0 Å². The molecule has 0 aliphatic heterocycles. The maximum Gasteiger partial charge on any atom is 0.182 e. The number of aryl methyl sites for hydroxylation is 1. The number of benzene rings is 2. The summed E-state index contributed by atoms with van der Waals surface area (Å²) in [6, 6.07) is 11.3. The third kappa shape index (κ3) is 3.76. The first kappa shape index (κ1) is 14.4. The van der Waals surface area contributed by atoms with Gasteiger partial charge >= 0.3 is 0 Å². The van der Waals surface area contributed by atoms with Crippen LogP contribution in [0.3, 0.4) is 0 Å². The van der Waals surface area contributed by atoms with E-state index in [-0.39, 0.29) is 11.7 Å². The van der Waals surface area contributed by atoms with E-state index >= 15 is 0 Å². The van der Waals surface area contributed by atoms with E-state index in [0.29, 0.717) is 6.07 Å². The third-order valence-corrected chi connectivity index (χ3v) is 3.10. The van der Waals surface area contributed by atoms with Gasteiger partial charge in [0.1, 0.15) is 5.82 Å². The van der Waals surface area contributed by atoms with Crippen molar-refractivity contribution >= 4 is 5.69 Å². The first-order chi connectivity index (χ1) is 9.56. The molecule has 2 rings (SSSR count). The van der Waals surface area contributed by atoms with Crippen molar-refractivity contribution < 1.29 is 13.2 Å². The zero-order valence-corrected chi connectivity index (χ0v) is 11.2. The highest BCUT2D eigenvalue weighted by Crippen LogP contribution is 2.20. The number of anilines is 1. The second kappa shape index (κ2) is 6.46. The van der Waals surface area contributed by atoms with Crippen LogP contribution < -0.4 is 5.32 Å². The Morgan fingerprint density at radius 3 is 2.45 bits per heavy atom. The summed E-state index contributed by atoms with van der Waals surface area (Å²) >= 11 is 0. The molecule has 0 amide bonds. The van der Waals surface area contributed by atoms with Gasteiger partial charge in [0.2, 0.25) is 0 Å². The maximum atomic E-state index is 13.5. The van der Waals surface area contributed by atoms with E-state index in [2.05, 4.69) is 5.32 Å². The molecular weight excluding hydrogens is 263 g/mol. The van der Waals surface area contributed by atoms with Crippen LogP contribution in [0.4, 0.5) is 18.9 Å². The van der Waals surface area contributed by atoms with Crippen LogP contribution in [0.1, 0.15) is 18.9 Å². The molecule has 2 aromatic carbocycles. The van der Waals surface area contributed by atoms with Gasteiger partial charge in [-0.25, -0.2) is 13.2 Å². The van der Waals surface area contributed by atoms with Crippen LogP contribution in [0.25, 0.3) is 0 Å². The number of nitrogens with one attached hydrogen (secondary N) is 1. The van der Waals surface area contributed by atoms with E-state index in [1.54, 1.807) is 0 Å². The maximum absolute atomic E-state index is 13.5. The summed E-state index contributed by atoms with van der Waals surface area (Å²) in [5, 5.41) is 2.81. The fraction of sp³-hybridized carbons (Fsp3) is 0.250. The van der Waals surface area contributed by atoms with Crippen molar-refractivity contribution in [1.82, 2.24) is 0 Å². The van der Waals surface area contributed by atoms with E-state index < -0.39 is 17.5 Å². The molecule has 0 bridgehead atoms. The Balaban J connectivity index is 1.96. The molecule has 0 radical (unpaired) electrons. The highest BCUT2D eigenvalue weighted by Gasteiger charge is 2.13. The Morgan fingerprint density at radius 1 is 1.05 bits per heavy atom. The molecular formula is C16H16F3N. The first-order valence-corrected chi connectivity index (χ1v) is 6.51. The summed E-state index contributed by atoms with van der Waals surface area (Å²) < 4.78 is 39.6. The lowest BCUT2D eigenvalue weighted by atomic mass is 10.1. The number of halogens is 3. The van der Waals surface area contributed by atoms with Crippen molar-refractivity contribution in [2.45, 2.75) is 25.8 Å². The van der Waals surface area contributed by atoms with Crippen LogP contribution in [0, 0.1) is 17.5 Å². The molecule has 0 fully saturated rings. The van der Waals surface area contributed by atoms with Gasteiger partial charge in [0.15, 0.2) is 11.6 Å². The van der Waals surface area contributed by atoms with Gasteiger partial charge in [-0.3, -0.25) is 0 Å². The van der Waals surface area contributed by atoms with Gasteiger partial charge in [-0.15, -0.1) is 0 Å². The van der Waals surface area contributed by atoms with Gasteiger partial charge in [0, 0.05) is 18.2 Å². The highest BCUT2D eigenvalue weighted by molar-refractivity contribution is 5.46. The van der Waals surface area contributed by atoms with Gasteiger partial charge in [0.05, 0.1) is 5.69 Å². The molecule has 0 aliphatic rings. The molecule has 1 N–H and O–H groups in total. The van der Waals surface area contributed by atoms with Crippen LogP contribution in [0.2, 0.25) is 0 Å². The normalized spacial score (nSPS) is 12.2. The van der Waals surface area contributed by atoms with E-state index in [0.717, 1.165) is 18.9 Å². The van der Waals surface area contributed by atoms with Crippen LogP contribution in [-0.4, -0.2) is 6.04 Å². The standard InChI is InChI=1S/C16H16F3N/c1-11(7-8-12-5-3-2-4-6-12)20-15-10-13(17)9-14(18)16(15)19/h2-6,9-11,20H,7-8H2,1H3. The molecule has 0 heterocycles. The van der Waals surface area contributed by atoms with Gasteiger partial charge in [-0.1, -0.05) is 30.3 Å². The number of hydrogen-bond donors (Lipinski definition) is 1. The molecule has 0 aliphatic carbocycles. The van der Waals surface area contributed by atoms with Gasteiger partial charge in [-0.2, -0.15) is 0 Å². The summed E-state index contributed by atoms with van der Waals surface area (Å²) in [4.78, 5) is 0. The Kier molecular flexibility index (Phi) is 4.66. The molecule has 0 saturated carbocycles. The predicted octanol–water partition coefficient (Wildman–Crippen LogP) is 4.54. The Bertz CT molecular complexity index is 569. The Hall–Kier alpha value is -1.97. The lowest BCUT2D eigenvalue weighted by Crippen LogP contribution is -2.17. The largest absolute Gasteiger partial charge is 0.380 e. The predicted molar refractivity (Wildman–Crippen MR) is 74.2 cm³/mol. The monoisotopic (exact) mass is 279 g/mol. The summed E-state index contributed by atoms with van der Waals surface area (Å²) in [7, 11) is 0. The Morgan fingerprint density at radius 2 is 1.75 bits per heavy atom. The zero-order chi connectivity index (χ0) is 14.5. The summed E-state index contributed by atoms with van der Waals surface area (Å²) in [6.07, 6.45) is 1.55. The minimum absolute atomic E-state index is 0.0918. The molecule has 2 aromatic rings. The van der Waals surface area contributed by atoms with Crippen molar-refractivity contribution in [3.63, 3.8) is 0 Å². The number of hydrogen-bond acceptors (Lipinski definition) is 1. The lowest BCUT2D eigenvalue weighted by Gasteiger charge is -2.16. The van der Waals surface area contributed by atoms with Crippen molar-refractivity contribution in [1.29, 1.82) is 0 Å². The van der Waals surface area contributed by atoms with Crippen molar-refractivity contribution in [3.05, 3.63) is 65.5 Å². The minimum atomic E-state index is -1.18. The summed E-state index contributed by atoms with van der Waals surface area (Å²) in [5.74, 6) is -3.01. The third-order valence-electron chi connectivity index (χ3n) is 3.10. The van der Waals surface area contributed by atoms with E-state index in [1.165, 1.54) is 5.56 Å². The highest BCUT2D eigenvalue weighted by atomic mass is 19.2. The second-order valence-corrected chi connectivity index (χ2v) is 4.82. The topological polar surface area (TPSA) is 12.0 Å². The van der Waals surface area contributed by atoms with E-state index in [1.807, 2.05) is 37.3 Å². The van der Waals surface area contributed by atoms with Crippen LogP contribution in [0.15, 0.2) is 42.5 Å². The molecule has 0 aromatic heterocycles. The first-order valence-electron chi connectivity index (χ1n) is 6.51. The van der Waals surface area contributed by atoms with Crippen molar-refractivity contribution in [2.75, 3.05) is 5.32 Å². The van der Waals surface area contributed by atoms with Crippen LogP contribution in [-0.2, 0) is 6.42 Å². The smallest absolute Gasteiger partial charge is 0.182 e. The van der Waals surface area contributed by atoms with Gasteiger partial charge < -0.3 is 5.32 Å². The van der Waals surface area contributed by atoms with Gasteiger partial charge in [0.25, 0.3) is 0 Å². The molecule has 1 atom stereocenters. The van der Waals surface area contributed by atoms with Crippen molar-refractivity contribution in [3.8, 4) is 0 Å². The fourth-order valence-corrected chi connectivity index (χ4v) is 2.03. The average Bonchev–Trinajstić information content (AvgIpc) is 2.43. The molecule has 1 unspecified atom stereocenters. The quantitative estimate of drug-likeness (QED) is 0.792. The molecule has 1 nitrogen and oxygen atoms in total. The second-order valence-electron chi connectivity index (χ2n) is 4.82. The average molecular weight is 279 g/mol. The zero-order valence-electron chi connectivity index (χ0n) is 11.2.